The monoisotopic (exact) mass is 405 g/mol. The summed E-state index contributed by atoms with van der Waals surface area (Å²) in [5, 5.41) is 2.25. The molecule has 1 fully saturated rings. The Labute approximate surface area is 174 Å². The molecule has 7 nitrogen and oxygen atoms in total. The van der Waals surface area contributed by atoms with Gasteiger partial charge in [-0.3, -0.25) is 4.79 Å². The van der Waals surface area contributed by atoms with Gasteiger partial charge in [0.1, 0.15) is 11.9 Å². The van der Waals surface area contributed by atoms with Crippen molar-refractivity contribution in [2.45, 2.75) is 51.6 Å². The van der Waals surface area contributed by atoms with Gasteiger partial charge in [0.25, 0.3) is 0 Å². The molecule has 1 N–H and O–H groups in total. The summed E-state index contributed by atoms with van der Waals surface area (Å²) >= 11 is 0. The minimum atomic E-state index is -0.445. The van der Waals surface area contributed by atoms with Crippen LogP contribution in [0.1, 0.15) is 51.5 Å². The van der Waals surface area contributed by atoms with Gasteiger partial charge in [-0.25, -0.2) is 4.79 Å². The van der Waals surface area contributed by atoms with E-state index in [1.807, 2.05) is 32.7 Å². The molecule has 0 spiro atoms. The Morgan fingerprint density at radius 2 is 1.76 bits per heavy atom. The molecule has 0 atom stereocenters. The highest BCUT2D eigenvalue weighted by Crippen LogP contribution is 2.30. The van der Waals surface area contributed by atoms with Crippen molar-refractivity contribution in [2.24, 2.45) is 0 Å². The second-order valence-electron chi connectivity index (χ2n) is 8.12. The summed E-state index contributed by atoms with van der Waals surface area (Å²) in [5.74, 6) is 0.480. The normalized spacial score (nSPS) is 14.3. The van der Waals surface area contributed by atoms with Crippen molar-refractivity contribution < 1.29 is 19.1 Å². The molecule has 7 heteroatoms. The topological polar surface area (TPSA) is 79.0 Å². The average molecular weight is 406 g/mol. The SMILES string of the molecule is CN(CCC=O)c1ccc(C2CCN(C(=O)OC(C)(C)C)CC2)cc1.CNC=O. The van der Waals surface area contributed by atoms with Crippen molar-refractivity contribution in [1.82, 2.24) is 10.2 Å². The molecule has 1 saturated heterocycles. The van der Waals surface area contributed by atoms with Gasteiger partial charge in [0.05, 0.1) is 0 Å². The van der Waals surface area contributed by atoms with E-state index in [1.165, 1.54) is 5.56 Å². The van der Waals surface area contributed by atoms with Crippen LogP contribution in [0, 0.1) is 0 Å². The zero-order valence-electron chi connectivity index (χ0n) is 18.3. The fourth-order valence-electron chi connectivity index (χ4n) is 3.10. The van der Waals surface area contributed by atoms with Crippen LogP contribution in [-0.4, -0.2) is 63.0 Å². The van der Waals surface area contributed by atoms with E-state index in [1.54, 1.807) is 7.05 Å². The van der Waals surface area contributed by atoms with Crippen LogP contribution >= 0.6 is 0 Å². The molecule has 0 radical (unpaired) electrons. The number of nitrogens with one attached hydrogen (secondary N) is 1. The Kier molecular flexibility index (Phi) is 10.2. The lowest BCUT2D eigenvalue weighted by Gasteiger charge is -2.33. The highest BCUT2D eigenvalue weighted by molar-refractivity contribution is 5.68. The summed E-state index contributed by atoms with van der Waals surface area (Å²) in [5.41, 5.74) is 1.99. The predicted octanol–water partition coefficient (Wildman–Crippen LogP) is 3.19. The van der Waals surface area contributed by atoms with Gasteiger partial charge in [0.2, 0.25) is 6.41 Å². The number of carbonyl (C=O) groups is 3. The summed E-state index contributed by atoms with van der Waals surface area (Å²) in [6.07, 6.45) is 3.82. The van der Waals surface area contributed by atoms with Crippen LogP contribution in [0.2, 0.25) is 0 Å². The maximum absolute atomic E-state index is 12.1. The van der Waals surface area contributed by atoms with E-state index in [4.69, 9.17) is 9.53 Å². The summed E-state index contributed by atoms with van der Waals surface area (Å²) in [4.78, 5) is 35.6. The Hall–Kier alpha value is -2.57. The van der Waals surface area contributed by atoms with Crippen LogP contribution in [0.4, 0.5) is 10.5 Å². The molecule has 1 aliphatic rings. The minimum Gasteiger partial charge on any atom is -0.444 e. The summed E-state index contributed by atoms with van der Waals surface area (Å²) in [6.45, 7) is 7.89. The molecule has 0 bridgehead atoms. The lowest BCUT2D eigenvalue weighted by atomic mass is 9.89. The molecule has 162 valence electrons. The van der Waals surface area contributed by atoms with Crippen molar-refractivity contribution in [3.8, 4) is 0 Å². The van der Waals surface area contributed by atoms with Crippen LogP contribution in [-0.2, 0) is 14.3 Å². The third-order valence-electron chi connectivity index (χ3n) is 4.65. The summed E-state index contributed by atoms with van der Waals surface area (Å²) < 4.78 is 5.45. The van der Waals surface area contributed by atoms with Crippen molar-refractivity contribution in [3.63, 3.8) is 0 Å². The minimum absolute atomic E-state index is 0.210. The second kappa shape index (κ2) is 12.1. The zero-order valence-corrected chi connectivity index (χ0v) is 18.3. The Balaban J connectivity index is 0.000000960. The Morgan fingerprint density at radius 3 is 2.21 bits per heavy atom. The van der Waals surface area contributed by atoms with E-state index < -0.39 is 5.60 Å². The average Bonchev–Trinajstić information content (AvgIpc) is 2.71. The van der Waals surface area contributed by atoms with Crippen LogP contribution in [0.25, 0.3) is 0 Å². The first-order valence-corrected chi connectivity index (χ1v) is 10.1. The number of anilines is 1. The molecule has 0 aromatic heterocycles. The van der Waals surface area contributed by atoms with Crippen LogP contribution in [0.3, 0.4) is 0 Å². The number of amides is 2. The number of benzene rings is 1. The van der Waals surface area contributed by atoms with Crippen LogP contribution in [0.15, 0.2) is 24.3 Å². The first kappa shape index (κ1) is 24.5. The third kappa shape index (κ3) is 8.98. The molecular weight excluding hydrogens is 370 g/mol. The number of nitrogens with zero attached hydrogens (tertiary/aromatic N) is 2. The van der Waals surface area contributed by atoms with E-state index in [0.717, 1.165) is 44.4 Å². The van der Waals surface area contributed by atoms with E-state index >= 15 is 0 Å². The fourth-order valence-corrected chi connectivity index (χ4v) is 3.10. The van der Waals surface area contributed by atoms with Gasteiger partial charge < -0.3 is 24.6 Å². The first-order valence-electron chi connectivity index (χ1n) is 10.1. The standard InChI is InChI=1S/C20H30N2O3.C2H5NO/c1-20(2,3)25-19(24)22-13-10-17(11-14-22)16-6-8-18(9-7-16)21(4)12-5-15-23;1-3-2-4/h6-9,15,17H,5,10-14H2,1-4H3;2H,1H3,(H,3,4). The van der Waals surface area contributed by atoms with E-state index in [2.05, 4.69) is 34.5 Å². The van der Waals surface area contributed by atoms with E-state index in [-0.39, 0.29) is 6.09 Å². The zero-order chi connectivity index (χ0) is 21.9. The lowest BCUT2D eigenvalue weighted by molar-refractivity contribution is -0.109. The number of hydrogen-bond acceptors (Lipinski definition) is 5. The van der Waals surface area contributed by atoms with Gasteiger partial charge >= 0.3 is 6.09 Å². The molecule has 1 aromatic carbocycles. The van der Waals surface area contributed by atoms with Gasteiger partial charge in [-0.2, -0.15) is 0 Å². The molecule has 0 unspecified atom stereocenters. The fraction of sp³-hybridized carbons (Fsp3) is 0.591. The molecule has 2 rings (SSSR count). The van der Waals surface area contributed by atoms with E-state index in [0.29, 0.717) is 18.7 Å². The van der Waals surface area contributed by atoms with Gasteiger partial charge in [0.15, 0.2) is 0 Å². The highest BCUT2D eigenvalue weighted by atomic mass is 16.6. The Morgan fingerprint density at radius 1 is 1.21 bits per heavy atom. The number of likely N-dealkylation sites (tertiary alicyclic amines) is 1. The molecule has 1 aliphatic heterocycles. The quantitative estimate of drug-likeness (QED) is 0.736. The maximum Gasteiger partial charge on any atom is 0.410 e. The number of hydrogen-bond donors (Lipinski definition) is 1. The third-order valence-corrected chi connectivity index (χ3v) is 4.65. The molecule has 1 heterocycles. The molecular formula is C22H35N3O4. The van der Waals surface area contributed by atoms with Crippen molar-refractivity contribution in [3.05, 3.63) is 29.8 Å². The van der Waals surface area contributed by atoms with Crippen LogP contribution in [0.5, 0.6) is 0 Å². The Bertz CT molecular complexity index is 632. The number of carbonyl (C=O) groups excluding carboxylic acids is 3. The van der Waals surface area contributed by atoms with Gasteiger partial charge in [-0.1, -0.05) is 12.1 Å². The molecule has 1 aromatic rings. The second-order valence-corrected chi connectivity index (χ2v) is 8.12. The van der Waals surface area contributed by atoms with Crippen LogP contribution < -0.4 is 10.2 Å². The predicted molar refractivity (Wildman–Crippen MR) is 115 cm³/mol. The maximum atomic E-state index is 12.1. The van der Waals surface area contributed by atoms with Crippen molar-refractivity contribution >= 4 is 24.5 Å². The largest absolute Gasteiger partial charge is 0.444 e. The van der Waals surface area contributed by atoms with Crippen molar-refractivity contribution in [2.75, 3.05) is 38.6 Å². The molecule has 0 saturated carbocycles. The first-order chi connectivity index (χ1) is 13.7. The molecule has 0 aliphatic carbocycles. The van der Waals surface area contributed by atoms with E-state index in [9.17, 15) is 9.59 Å². The molecule has 29 heavy (non-hydrogen) atoms. The molecule has 2 amide bonds. The van der Waals surface area contributed by atoms with Crippen molar-refractivity contribution in [1.29, 1.82) is 0 Å². The number of ether oxygens (including phenoxy) is 1. The number of aldehydes is 1. The van der Waals surface area contributed by atoms with Gasteiger partial charge in [0, 0.05) is 45.8 Å². The van der Waals surface area contributed by atoms with Gasteiger partial charge in [-0.05, 0) is 57.2 Å². The van der Waals surface area contributed by atoms with Gasteiger partial charge in [-0.15, -0.1) is 0 Å². The highest BCUT2D eigenvalue weighted by Gasteiger charge is 2.27. The summed E-state index contributed by atoms with van der Waals surface area (Å²) in [6, 6.07) is 8.56. The summed E-state index contributed by atoms with van der Waals surface area (Å²) in [7, 11) is 3.56. The lowest BCUT2D eigenvalue weighted by Crippen LogP contribution is -2.41. The number of piperidine rings is 1. The smallest absolute Gasteiger partial charge is 0.410 e. The number of rotatable bonds is 6.